The molecular formula is C15H15ClN4. The zero-order chi connectivity index (χ0) is 13.8. The van der Waals surface area contributed by atoms with Crippen molar-refractivity contribution in [3.8, 4) is 0 Å². The SMILES string of the molecule is ClCCc1nc2cnccc2n1CCc1ccncc1. The molecule has 102 valence electrons. The van der Waals surface area contributed by atoms with Gasteiger partial charge in [-0.05, 0) is 30.2 Å². The molecule has 0 bridgehead atoms. The van der Waals surface area contributed by atoms with E-state index in [2.05, 4.69) is 19.5 Å². The molecule has 3 rings (SSSR count). The highest BCUT2D eigenvalue weighted by molar-refractivity contribution is 6.17. The monoisotopic (exact) mass is 286 g/mol. The number of nitrogens with zero attached hydrogens (tertiary/aromatic N) is 4. The third-order valence-electron chi connectivity index (χ3n) is 3.32. The molecule has 0 saturated heterocycles. The molecule has 0 unspecified atom stereocenters. The molecular weight excluding hydrogens is 272 g/mol. The van der Waals surface area contributed by atoms with Crippen molar-refractivity contribution in [2.75, 3.05) is 5.88 Å². The van der Waals surface area contributed by atoms with E-state index in [1.54, 1.807) is 12.4 Å². The molecule has 0 amide bonds. The fourth-order valence-electron chi connectivity index (χ4n) is 2.35. The standard InChI is InChI=1S/C15H15ClN4/c16-6-1-15-19-13-11-18-9-4-14(13)20(15)10-5-12-2-7-17-8-3-12/h2-4,7-9,11H,1,5-6,10H2. The number of imidazole rings is 1. The van der Waals surface area contributed by atoms with Crippen molar-refractivity contribution in [2.45, 2.75) is 19.4 Å². The lowest BCUT2D eigenvalue weighted by Crippen LogP contribution is -2.07. The zero-order valence-electron chi connectivity index (χ0n) is 11.0. The van der Waals surface area contributed by atoms with Crippen LogP contribution in [0.15, 0.2) is 43.0 Å². The summed E-state index contributed by atoms with van der Waals surface area (Å²) in [6.45, 7) is 0.886. The Balaban J connectivity index is 1.90. The van der Waals surface area contributed by atoms with Crippen LogP contribution in [0.25, 0.3) is 11.0 Å². The molecule has 4 nitrogen and oxygen atoms in total. The molecule has 3 aromatic heterocycles. The van der Waals surface area contributed by atoms with Crippen LogP contribution in [0, 0.1) is 0 Å². The van der Waals surface area contributed by atoms with E-state index in [1.807, 2.05) is 30.6 Å². The lowest BCUT2D eigenvalue weighted by atomic mass is 10.2. The molecule has 3 aromatic rings. The predicted molar refractivity (Wildman–Crippen MR) is 79.9 cm³/mol. The zero-order valence-corrected chi connectivity index (χ0v) is 11.8. The average Bonchev–Trinajstić information content (AvgIpc) is 2.84. The Morgan fingerprint density at radius 2 is 1.80 bits per heavy atom. The van der Waals surface area contributed by atoms with Crippen molar-refractivity contribution in [1.29, 1.82) is 0 Å². The van der Waals surface area contributed by atoms with Gasteiger partial charge in [-0.25, -0.2) is 4.98 Å². The number of rotatable bonds is 5. The van der Waals surface area contributed by atoms with Gasteiger partial charge in [0.2, 0.25) is 0 Å². The minimum atomic E-state index is 0.575. The highest BCUT2D eigenvalue weighted by Gasteiger charge is 2.10. The summed E-state index contributed by atoms with van der Waals surface area (Å²) < 4.78 is 2.24. The first kappa shape index (κ1) is 13.1. The third kappa shape index (κ3) is 2.65. The van der Waals surface area contributed by atoms with E-state index in [1.165, 1.54) is 5.56 Å². The van der Waals surface area contributed by atoms with E-state index in [0.717, 1.165) is 36.2 Å². The van der Waals surface area contributed by atoms with Crippen LogP contribution in [0.3, 0.4) is 0 Å². The Morgan fingerprint density at radius 1 is 1.00 bits per heavy atom. The molecule has 3 heterocycles. The van der Waals surface area contributed by atoms with E-state index in [-0.39, 0.29) is 0 Å². The summed E-state index contributed by atoms with van der Waals surface area (Å²) in [5.41, 5.74) is 3.32. The summed E-state index contributed by atoms with van der Waals surface area (Å²) in [5.74, 6) is 1.60. The third-order valence-corrected chi connectivity index (χ3v) is 3.51. The molecule has 0 fully saturated rings. The van der Waals surface area contributed by atoms with Gasteiger partial charge in [-0.15, -0.1) is 11.6 Å². The van der Waals surface area contributed by atoms with Crippen LogP contribution in [0.5, 0.6) is 0 Å². The van der Waals surface area contributed by atoms with Gasteiger partial charge in [0, 0.05) is 37.4 Å². The van der Waals surface area contributed by atoms with Gasteiger partial charge in [0.15, 0.2) is 0 Å². The van der Waals surface area contributed by atoms with Crippen molar-refractivity contribution in [3.05, 3.63) is 54.4 Å². The van der Waals surface area contributed by atoms with Crippen molar-refractivity contribution in [3.63, 3.8) is 0 Å². The normalized spacial score (nSPS) is 11.1. The number of pyridine rings is 2. The van der Waals surface area contributed by atoms with Gasteiger partial charge in [0.1, 0.15) is 11.3 Å². The molecule has 0 N–H and O–H groups in total. The topological polar surface area (TPSA) is 43.6 Å². The van der Waals surface area contributed by atoms with Crippen molar-refractivity contribution >= 4 is 22.6 Å². The molecule has 0 aromatic carbocycles. The Morgan fingerprint density at radius 3 is 2.60 bits per heavy atom. The molecule has 0 aliphatic heterocycles. The number of halogens is 1. The highest BCUT2D eigenvalue weighted by atomic mass is 35.5. The second-order valence-corrected chi connectivity index (χ2v) is 4.97. The van der Waals surface area contributed by atoms with Gasteiger partial charge >= 0.3 is 0 Å². The first-order valence-corrected chi connectivity index (χ1v) is 7.16. The van der Waals surface area contributed by atoms with Crippen LogP contribution in [0.2, 0.25) is 0 Å². The maximum atomic E-state index is 5.88. The van der Waals surface area contributed by atoms with Crippen LogP contribution < -0.4 is 0 Å². The highest BCUT2D eigenvalue weighted by Crippen LogP contribution is 2.16. The minimum Gasteiger partial charge on any atom is -0.328 e. The average molecular weight is 287 g/mol. The number of aryl methyl sites for hydroxylation is 3. The second-order valence-electron chi connectivity index (χ2n) is 4.59. The van der Waals surface area contributed by atoms with Gasteiger partial charge in [-0.1, -0.05) is 0 Å². The van der Waals surface area contributed by atoms with E-state index < -0.39 is 0 Å². The van der Waals surface area contributed by atoms with E-state index >= 15 is 0 Å². The summed E-state index contributed by atoms with van der Waals surface area (Å²) in [4.78, 5) is 12.8. The number of fused-ring (bicyclic) bond motifs is 1. The fraction of sp³-hybridized carbons (Fsp3) is 0.267. The maximum absolute atomic E-state index is 5.88. The molecule has 0 aliphatic rings. The van der Waals surface area contributed by atoms with Gasteiger partial charge in [0.05, 0.1) is 11.7 Å². The quantitative estimate of drug-likeness (QED) is 0.678. The minimum absolute atomic E-state index is 0.575. The molecule has 20 heavy (non-hydrogen) atoms. The summed E-state index contributed by atoms with van der Waals surface area (Å²) >= 11 is 5.88. The first-order chi connectivity index (χ1) is 9.88. The van der Waals surface area contributed by atoms with Gasteiger partial charge in [-0.2, -0.15) is 0 Å². The Bertz CT molecular complexity index is 693. The Kier molecular flexibility index (Phi) is 3.92. The number of alkyl halides is 1. The Hall–Kier alpha value is -1.94. The van der Waals surface area contributed by atoms with Gasteiger partial charge < -0.3 is 4.57 Å². The summed E-state index contributed by atoms with van der Waals surface area (Å²) in [7, 11) is 0. The van der Waals surface area contributed by atoms with E-state index in [0.29, 0.717) is 5.88 Å². The number of hydrogen-bond acceptors (Lipinski definition) is 3. The van der Waals surface area contributed by atoms with Crippen molar-refractivity contribution < 1.29 is 0 Å². The van der Waals surface area contributed by atoms with E-state index in [9.17, 15) is 0 Å². The number of hydrogen-bond donors (Lipinski definition) is 0. The lowest BCUT2D eigenvalue weighted by Gasteiger charge is -2.08. The molecule has 0 aliphatic carbocycles. The van der Waals surface area contributed by atoms with Crippen LogP contribution in [-0.2, 0) is 19.4 Å². The van der Waals surface area contributed by atoms with Crippen LogP contribution in [0.4, 0.5) is 0 Å². The van der Waals surface area contributed by atoms with Crippen LogP contribution in [0.1, 0.15) is 11.4 Å². The largest absolute Gasteiger partial charge is 0.328 e. The van der Waals surface area contributed by atoms with E-state index in [4.69, 9.17) is 11.6 Å². The molecule has 0 radical (unpaired) electrons. The summed E-state index contributed by atoms with van der Waals surface area (Å²) in [6.07, 6.45) is 8.97. The van der Waals surface area contributed by atoms with Crippen LogP contribution >= 0.6 is 11.6 Å². The second kappa shape index (κ2) is 6.01. The van der Waals surface area contributed by atoms with Crippen LogP contribution in [-0.4, -0.2) is 25.4 Å². The first-order valence-electron chi connectivity index (χ1n) is 6.62. The van der Waals surface area contributed by atoms with Gasteiger partial charge in [-0.3, -0.25) is 9.97 Å². The number of aromatic nitrogens is 4. The summed E-state index contributed by atoms with van der Waals surface area (Å²) in [6, 6.07) is 6.09. The smallest absolute Gasteiger partial charge is 0.111 e. The molecule has 5 heteroatoms. The van der Waals surface area contributed by atoms with Gasteiger partial charge in [0.25, 0.3) is 0 Å². The maximum Gasteiger partial charge on any atom is 0.111 e. The summed E-state index contributed by atoms with van der Waals surface area (Å²) in [5, 5.41) is 0. The van der Waals surface area contributed by atoms with Crippen molar-refractivity contribution in [2.24, 2.45) is 0 Å². The lowest BCUT2D eigenvalue weighted by molar-refractivity contribution is 0.674. The van der Waals surface area contributed by atoms with Crippen molar-refractivity contribution in [1.82, 2.24) is 19.5 Å². The fourth-order valence-corrected chi connectivity index (χ4v) is 2.52. The molecule has 0 atom stereocenters. The molecule has 0 saturated carbocycles. The Labute approximate surface area is 122 Å². The predicted octanol–water partition coefficient (Wildman–Crippen LogP) is 2.85. The molecule has 0 spiro atoms.